The lowest BCUT2D eigenvalue weighted by Gasteiger charge is -2.25. The first kappa shape index (κ1) is 19.3. The molecule has 136 valence electrons. The Morgan fingerprint density at radius 1 is 1.36 bits per heavy atom. The summed E-state index contributed by atoms with van der Waals surface area (Å²) >= 11 is 0. The highest BCUT2D eigenvalue weighted by Crippen LogP contribution is 2.32. The van der Waals surface area contributed by atoms with Gasteiger partial charge in [0, 0.05) is 19.0 Å². The van der Waals surface area contributed by atoms with Gasteiger partial charge in [-0.2, -0.15) is 5.10 Å². The van der Waals surface area contributed by atoms with Gasteiger partial charge in [0.15, 0.2) is 5.82 Å². The van der Waals surface area contributed by atoms with Crippen molar-refractivity contribution in [2.24, 2.45) is 5.73 Å². The molecule has 2 aromatic rings. The van der Waals surface area contributed by atoms with Crippen molar-refractivity contribution in [2.45, 2.75) is 44.1 Å². The van der Waals surface area contributed by atoms with Crippen LogP contribution < -0.4 is 11.1 Å². The Hall–Kier alpha value is -1.99. The van der Waals surface area contributed by atoms with E-state index in [0.29, 0.717) is 11.5 Å². The summed E-state index contributed by atoms with van der Waals surface area (Å²) in [6.45, 7) is 0. The normalized spacial score (nSPS) is 20.0. The number of benzene rings is 1. The van der Waals surface area contributed by atoms with Crippen molar-refractivity contribution in [1.82, 2.24) is 20.1 Å². The molecule has 3 N–H and O–H groups in total. The first-order valence-corrected chi connectivity index (χ1v) is 8.24. The second-order valence-electron chi connectivity index (χ2n) is 6.24. The second-order valence-corrected chi connectivity index (χ2v) is 6.24. The highest BCUT2D eigenvalue weighted by molar-refractivity contribution is 5.85. The summed E-state index contributed by atoms with van der Waals surface area (Å²) in [4.78, 5) is 16.2. The number of amides is 1. The first-order chi connectivity index (χ1) is 11.6. The zero-order chi connectivity index (χ0) is 17.1. The number of rotatable bonds is 4. The van der Waals surface area contributed by atoms with Crippen molar-refractivity contribution < 1.29 is 9.18 Å². The van der Waals surface area contributed by atoms with Crippen LogP contribution in [0.4, 0.5) is 4.39 Å². The van der Waals surface area contributed by atoms with E-state index in [1.165, 1.54) is 12.1 Å². The van der Waals surface area contributed by atoms with Crippen LogP contribution in [0.25, 0.3) is 5.69 Å². The predicted molar refractivity (Wildman–Crippen MR) is 95.5 cm³/mol. The largest absolute Gasteiger partial charge is 0.359 e. The standard InChI is InChI=1S/C17H22FN5O.ClH/c1-20-16(24)10-15-21-17(11-5-7-13(19)8-6-11)23(22-15)14-4-2-3-12(18)9-14;/h2-4,9,11,13H,5-8,10,19H2,1H3,(H,20,24);1H. The van der Waals surface area contributed by atoms with E-state index < -0.39 is 0 Å². The maximum absolute atomic E-state index is 13.6. The molecule has 1 saturated carbocycles. The molecule has 3 rings (SSSR count). The van der Waals surface area contributed by atoms with E-state index in [9.17, 15) is 9.18 Å². The maximum Gasteiger partial charge on any atom is 0.227 e. The Morgan fingerprint density at radius 3 is 2.72 bits per heavy atom. The van der Waals surface area contributed by atoms with E-state index in [-0.39, 0.29) is 42.5 Å². The summed E-state index contributed by atoms with van der Waals surface area (Å²) in [6, 6.07) is 6.49. The monoisotopic (exact) mass is 367 g/mol. The molecule has 0 unspecified atom stereocenters. The van der Waals surface area contributed by atoms with Crippen molar-refractivity contribution >= 4 is 18.3 Å². The van der Waals surface area contributed by atoms with Crippen LogP contribution in [0.5, 0.6) is 0 Å². The van der Waals surface area contributed by atoms with Gasteiger partial charge in [0.05, 0.1) is 12.1 Å². The minimum atomic E-state index is -0.326. The van der Waals surface area contributed by atoms with E-state index in [4.69, 9.17) is 5.73 Å². The molecule has 8 heteroatoms. The number of halogens is 2. The highest BCUT2D eigenvalue weighted by atomic mass is 35.5. The number of nitrogens with two attached hydrogens (primary N) is 1. The number of nitrogens with zero attached hydrogens (tertiary/aromatic N) is 3. The Kier molecular flexibility index (Phi) is 6.50. The van der Waals surface area contributed by atoms with Crippen molar-refractivity contribution in [3.05, 3.63) is 41.7 Å². The predicted octanol–water partition coefficient (Wildman–Crippen LogP) is 2.10. The summed E-state index contributed by atoms with van der Waals surface area (Å²) in [5.74, 6) is 0.977. The molecule has 1 aliphatic rings. The number of hydrogen-bond donors (Lipinski definition) is 2. The van der Waals surface area contributed by atoms with Gasteiger partial charge in [-0.15, -0.1) is 12.4 Å². The fourth-order valence-electron chi connectivity index (χ4n) is 3.11. The Balaban J connectivity index is 0.00000225. The molecule has 1 aliphatic carbocycles. The minimum Gasteiger partial charge on any atom is -0.359 e. The number of carbonyl (C=O) groups excluding carboxylic acids is 1. The molecule has 1 aromatic heterocycles. The summed E-state index contributed by atoms with van der Waals surface area (Å²) in [5.41, 5.74) is 6.61. The van der Waals surface area contributed by atoms with E-state index in [1.54, 1.807) is 23.9 Å². The maximum atomic E-state index is 13.6. The molecule has 0 atom stereocenters. The third-order valence-corrected chi connectivity index (χ3v) is 4.46. The highest BCUT2D eigenvalue weighted by Gasteiger charge is 2.26. The smallest absolute Gasteiger partial charge is 0.227 e. The molecule has 25 heavy (non-hydrogen) atoms. The molecule has 6 nitrogen and oxygen atoms in total. The van der Waals surface area contributed by atoms with Crippen molar-refractivity contribution in [2.75, 3.05) is 7.05 Å². The van der Waals surface area contributed by atoms with Crippen LogP contribution >= 0.6 is 12.4 Å². The van der Waals surface area contributed by atoms with E-state index in [0.717, 1.165) is 31.5 Å². The quantitative estimate of drug-likeness (QED) is 0.866. The second kappa shape index (κ2) is 8.40. The van der Waals surface area contributed by atoms with Crippen molar-refractivity contribution in [3.8, 4) is 5.69 Å². The third-order valence-electron chi connectivity index (χ3n) is 4.46. The van der Waals surface area contributed by atoms with E-state index in [2.05, 4.69) is 15.4 Å². The molecule has 0 aliphatic heterocycles. The van der Waals surface area contributed by atoms with Crippen LogP contribution in [0.15, 0.2) is 24.3 Å². The van der Waals surface area contributed by atoms with Crippen LogP contribution in [0.3, 0.4) is 0 Å². The van der Waals surface area contributed by atoms with Gasteiger partial charge >= 0.3 is 0 Å². The molecule has 1 aromatic carbocycles. The van der Waals surface area contributed by atoms with Gasteiger partial charge in [0.1, 0.15) is 11.6 Å². The number of carbonyl (C=O) groups is 1. The number of aromatic nitrogens is 3. The van der Waals surface area contributed by atoms with Gasteiger partial charge < -0.3 is 11.1 Å². The fourth-order valence-corrected chi connectivity index (χ4v) is 3.11. The Morgan fingerprint density at radius 2 is 2.08 bits per heavy atom. The Labute approximate surface area is 152 Å². The molecule has 0 spiro atoms. The number of likely N-dealkylation sites (N-methyl/N-ethyl adjacent to an activating group) is 1. The summed E-state index contributed by atoms with van der Waals surface area (Å²) in [5, 5.41) is 7.02. The summed E-state index contributed by atoms with van der Waals surface area (Å²) in [6.07, 6.45) is 3.83. The van der Waals surface area contributed by atoms with Crippen LogP contribution in [0, 0.1) is 5.82 Å². The van der Waals surface area contributed by atoms with Crippen molar-refractivity contribution in [1.29, 1.82) is 0 Å². The van der Waals surface area contributed by atoms with E-state index >= 15 is 0 Å². The fraction of sp³-hybridized carbons (Fsp3) is 0.471. The zero-order valence-electron chi connectivity index (χ0n) is 14.1. The zero-order valence-corrected chi connectivity index (χ0v) is 14.9. The topological polar surface area (TPSA) is 85.8 Å². The lowest BCUT2D eigenvalue weighted by Crippen LogP contribution is -2.26. The molecule has 1 heterocycles. The average Bonchev–Trinajstić information content (AvgIpc) is 2.99. The lowest BCUT2D eigenvalue weighted by atomic mass is 9.86. The molecule has 0 bridgehead atoms. The van der Waals surface area contributed by atoms with Gasteiger partial charge in [-0.25, -0.2) is 14.1 Å². The molecule has 1 fully saturated rings. The Bertz CT molecular complexity index is 728. The van der Waals surface area contributed by atoms with Gasteiger partial charge in [-0.3, -0.25) is 4.79 Å². The minimum absolute atomic E-state index is 0. The summed E-state index contributed by atoms with van der Waals surface area (Å²) in [7, 11) is 1.58. The van der Waals surface area contributed by atoms with Gasteiger partial charge in [-0.1, -0.05) is 6.07 Å². The van der Waals surface area contributed by atoms with E-state index in [1.807, 2.05) is 0 Å². The summed E-state index contributed by atoms with van der Waals surface area (Å²) < 4.78 is 15.3. The van der Waals surface area contributed by atoms with Gasteiger partial charge in [-0.05, 0) is 43.9 Å². The molecule has 0 saturated heterocycles. The van der Waals surface area contributed by atoms with Gasteiger partial charge in [0.2, 0.25) is 5.91 Å². The number of nitrogens with one attached hydrogen (secondary N) is 1. The van der Waals surface area contributed by atoms with Crippen molar-refractivity contribution in [3.63, 3.8) is 0 Å². The third kappa shape index (κ3) is 4.55. The van der Waals surface area contributed by atoms with Crippen LogP contribution in [-0.2, 0) is 11.2 Å². The molecule has 1 amide bonds. The van der Waals surface area contributed by atoms with Crippen LogP contribution in [0.1, 0.15) is 43.3 Å². The van der Waals surface area contributed by atoms with Crippen LogP contribution in [-0.4, -0.2) is 33.8 Å². The van der Waals surface area contributed by atoms with Gasteiger partial charge in [0.25, 0.3) is 0 Å². The lowest BCUT2D eigenvalue weighted by molar-refractivity contribution is -0.120. The van der Waals surface area contributed by atoms with Crippen LogP contribution in [0.2, 0.25) is 0 Å². The first-order valence-electron chi connectivity index (χ1n) is 8.24. The average molecular weight is 368 g/mol. The molecule has 0 radical (unpaired) electrons. The molecular formula is C17H23ClFN5O. The number of hydrogen-bond acceptors (Lipinski definition) is 4. The molecular weight excluding hydrogens is 345 g/mol. The SMILES string of the molecule is CNC(=O)Cc1nc(C2CCC(N)CC2)n(-c2cccc(F)c2)n1.Cl.